The number of aromatic nitrogens is 2. The number of anilines is 1. The summed E-state index contributed by atoms with van der Waals surface area (Å²) >= 11 is 0. The monoisotopic (exact) mass is 496 g/mol. The molecule has 1 atom stereocenters. The van der Waals surface area contributed by atoms with Crippen LogP contribution in [0.5, 0.6) is 5.75 Å². The van der Waals surface area contributed by atoms with Crippen molar-refractivity contribution in [1.82, 2.24) is 15.3 Å². The standard InChI is InChI=1S/C30H32N4O3/c1-37-25-15-13-24(14-16-25)34(28(35)18-22-20-32-27-12-6-5-11-26(22)27)29(21-8-7-17-31-19-21)30(36)33-23-9-3-2-4-10-23/h5-8,11-17,19-20,23,29,32H,2-4,9-10,18H2,1H3,(H,33,36)/t29-/m1/s1. The van der Waals surface area contributed by atoms with E-state index in [1.165, 1.54) is 6.42 Å². The first-order valence-corrected chi connectivity index (χ1v) is 12.9. The van der Waals surface area contributed by atoms with Crippen molar-refractivity contribution >= 4 is 28.4 Å². The molecule has 37 heavy (non-hydrogen) atoms. The number of nitrogens with zero attached hydrogens (tertiary/aromatic N) is 2. The summed E-state index contributed by atoms with van der Waals surface area (Å²) in [6.45, 7) is 0. The molecule has 2 aromatic carbocycles. The molecule has 190 valence electrons. The van der Waals surface area contributed by atoms with Crippen molar-refractivity contribution in [3.63, 3.8) is 0 Å². The highest BCUT2D eigenvalue weighted by Gasteiger charge is 2.34. The van der Waals surface area contributed by atoms with Crippen LogP contribution in [0.2, 0.25) is 0 Å². The SMILES string of the molecule is COc1ccc(N(C(=O)Cc2c[nH]c3ccccc23)[C@@H](C(=O)NC2CCCCC2)c2cccnc2)cc1. The summed E-state index contributed by atoms with van der Waals surface area (Å²) < 4.78 is 5.34. The van der Waals surface area contributed by atoms with Gasteiger partial charge in [0.1, 0.15) is 11.8 Å². The van der Waals surface area contributed by atoms with Gasteiger partial charge in [0.05, 0.1) is 13.5 Å². The normalized spacial score (nSPS) is 14.7. The van der Waals surface area contributed by atoms with Gasteiger partial charge in [0.25, 0.3) is 0 Å². The van der Waals surface area contributed by atoms with E-state index >= 15 is 0 Å². The second kappa shape index (κ2) is 11.3. The van der Waals surface area contributed by atoms with Crippen molar-refractivity contribution in [3.05, 3.63) is 90.4 Å². The number of amides is 2. The molecule has 5 rings (SSSR count). The molecule has 0 unspecified atom stereocenters. The number of rotatable bonds is 8. The fraction of sp³-hybridized carbons (Fsp3) is 0.300. The highest BCUT2D eigenvalue weighted by Crippen LogP contribution is 2.31. The number of pyridine rings is 1. The Morgan fingerprint density at radius 1 is 1.05 bits per heavy atom. The van der Waals surface area contributed by atoms with Gasteiger partial charge in [-0.2, -0.15) is 0 Å². The Hall–Kier alpha value is -4.13. The molecule has 0 radical (unpaired) electrons. The summed E-state index contributed by atoms with van der Waals surface area (Å²) in [6.07, 6.45) is 10.7. The molecule has 2 heterocycles. The molecule has 0 spiro atoms. The van der Waals surface area contributed by atoms with Gasteiger partial charge in [-0.3, -0.25) is 19.5 Å². The van der Waals surface area contributed by atoms with E-state index in [4.69, 9.17) is 4.74 Å². The predicted molar refractivity (Wildman–Crippen MR) is 144 cm³/mol. The van der Waals surface area contributed by atoms with Crippen LogP contribution in [0.1, 0.15) is 49.3 Å². The van der Waals surface area contributed by atoms with Crippen LogP contribution in [-0.2, 0) is 16.0 Å². The third-order valence-electron chi connectivity index (χ3n) is 7.09. The zero-order chi connectivity index (χ0) is 25.6. The summed E-state index contributed by atoms with van der Waals surface area (Å²) in [6, 6.07) is 18.1. The van der Waals surface area contributed by atoms with Crippen molar-refractivity contribution < 1.29 is 14.3 Å². The van der Waals surface area contributed by atoms with Crippen LogP contribution >= 0.6 is 0 Å². The van der Waals surface area contributed by atoms with Crippen LogP contribution in [0.3, 0.4) is 0 Å². The summed E-state index contributed by atoms with van der Waals surface area (Å²) in [5.74, 6) is 0.308. The number of fused-ring (bicyclic) bond motifs is 1. The molecule has 1 aliphatic rings. The summed E-state index contributed by atoms with van der Waals surface area (Å²) in [5, 5.41) is 4.24. The first-order chi connectivity index (χ1) is 18.1. The number of hydrogen-bond acceptors (Lipinski definition) is 4. The van der Waals surface area contributed by atoms with Crippen molar-refractivity contribution in [3.8, 4) is 5.75 Å². The minimum absolute atomic E-state index is 0.113. The number of hydrogen-bond donors (Lipinski definition) is 2. The van der Waals surface area contributed by atoms with Crippen molar-refractivity contribution in [2.75, 3.05) is 12.0 Å². The first kappa shape index (κ1) is 24.6. The van der Waals surface area contributed by atoms with Crippen LogP contribution in [0.15, 0.2) is 79.3 Å². The lowest BCUT2D eigenvalue weighted by molar-refractivity contribution is -0.127. The number of benzene rings is 2. The Morgan fingerprint density at radius 3 is 2.57 bits per heavy atom. The number of para-hydroxylation sites is 1. The van der Waals surface area contributed by atoms with Crippen molar-refractivity contribution in [1.29, 1.82) is 0 Å². The fourth-order valence-corrected chi connectivity index (χ4v) is 5.19. The number of H-pyrrole nitrogens is 1. The number of nitrogens with one attached hydrogen (secondary N) is 2. The van der Waals surface area contributed by atoms with Gasteiger partial charge in [0.15, 0.2) is 0 Å². The summed E-state index contributed by atoms with van der Waals surface area (Å²) in [7, 11) is 1.60. The Balaban J connectivity index is 1.54. The predicted octanol–water partition coefficient (Wildman–Crippen LogP) is 5.34. The van der Waals surface area contributed by atoms with E-state index in [0.29, 0.717) is 17.0 Å². The van der Waals surface area contributed by atoms with Gasteiger partial charge in [-0.1, -0.05) is 43.5 Å². The van der Waals surface area contributed by atoms with E-state index in [0.717, 1.165) is 42.1 Å². The largest absolute Gasteiger partial charge is 0.497 e. The van der Waals surface area contributed by atoms with Crippen molar-refractivity contribution in [2.24, 2.45) is 0 Å². The maximum absolute atomic E-state index is 14.1. The van der Waals surface area contributed by atoms with Gasteiger partial charge in [-0.15, -0.1) is 0 Å². The van der Waals surface area contributed by atoms with Crippen molar-refractivity contribution in [2.45, 2.75) is 50.6 Å². The fourth-order valence-electron chi connectivity index (χ4n) is 5.19. The quantitative estimate of drug-likeness (QED) is 0.345. The van der Waals surface area contributed by atoms with Gasteiger partial charge in [0, 0.05) is 46.8 Å². The number of ether oxygens (including phenoxy) is 1. The second-order valence-corrected chi connectivity index (χ2v) is 9.53. The molecule has 1 aliphatic carbocycles. The number of carbonyl (C=O) groups excluding carboxylic acids is 2. The smallest absolute Gasteiger partial charge is 0.248 e. The lowest BCUT2D eigenvalue weighted by Crippen LogP contribution is -2.47. The van der Waals surface area contributed by atoms with Crippen LogP contribution in [0.25, 0.3) is 10.9 Å². The van der Waals surface area contributed by atoms with Gasteiger partial charge < -0.3 is 15.0 Å². The second-order valence-electron chi connectivity index (χ2n) is 9.53. The van der Waals surface area contributed by atoms with E-state index in [2.05, 4.69) is 15.3 Å². The van der Waals surface area contributed by atoms with E-state index in [1.807, 2.05) is 48.7 Å². The molecular formula is C30H32N4O3. The average molecular weight is 497 g/mol. The van der Waals surface area contributed by atoms with Gasteiger partial charge in [-0.05, 0) is 54.8 Å². The minimum Gasteiger partial charge on any atom is -0.497 e. The topological polar surface area (TPSA) is 87.3 Å². The summed E-state index contributed by atoms with van der Waals surface area (Å²) in [5.41, 5.74) is 3.15. The molecule has 0 aliphatic heterocycles. The van der Waals surface area contributed by atoms with Gasteiger partial charge in [-0.25, -0.2) is 0 Å². The third kappa shape index (κ3) is 5.50. The molecule has 7 nitrogen and oxygen atoms in total. The highest BCUT2D eigenvalue weighted by molar-refractivity contribution is 6.03. The van der Waals surface area contributed by atoms with Crippen LogP contribution in [0, 0.1) is 0 Å². The molecule has 1 saturated carbocycles. The minimum atomic E-state index is -0.860. The van der Waals surface area contributed by atoms with E-state index in [-0.39, 0.29) is 24.3 Å². The molecule has 0 bridgehead atoms. The number of aromatic amines is 1. The average Bonchev–Trinajstić information content (AvgIpc) is 3.35. The molecule has 2 aromatic heterocycles. The molecule has 0 saturated heterocycles. The van der Waals surface area contributed by atoms with Gasteiger partial charge >= 0.3 is 0 Å². The van der Waals surface area contributed by atoms with E-state index in [1.54, 1.807) is 42.6 Å². The molecule has 7 heteroatoms. The summed E-state index contributed by atoms with van der Waals surface area (Å²) in [4.78, 5) is 37.1. The zero-order valence-electron chi connectivity index (χ0n) is 21.0. The third-order valence-corrected chi connectivity index (χ3v) is 7.09. The Bertz CT molecular complexity index is 1340. The molecule has 2 N–H and O–H groups in total. The molecule has 2 amide bonds. The van der Waals surface area contributed by atoms with Crippen LogP contribution < -0.4 is 15.0 Å². The zero-order valence-corrected chi connectivity index (χ0v) is 21.0. The van der Waals surface area contributed by atoms with Crippen LogP contribution in [0.4, 0.5) is 5.69 Å². The molecular weight excluding hydrogens is 464 g/mol. The maximum Gasteiger partial charge on any atom is 0.248 e. The van der Waals surface area contributed by atoms with E-state index < -0.39 is 6.04 Å². The van der Waals surface area contributed by atoms with Crippen LogP contribution in [-0.4, -0.2) is 34.9 Å². The number of methoxy groups -OCH3 is 1. The van der Waals surface area contributed by atoms with Gasteiger partial charge in [0.2, 0.25) is 11.8 Å². The Labute approximate surface area is 216 Å². The Morgan fingerprint density at radius 2 is 1.84 bits per heavy atom. The molecule has 4 aromatic rings. The maximum atomic E-state index is 14.1. The molecule has 1 fully saturated rings. The highest BCUT2D eigenvalue weighted by atomic mass is 16.5. The first-order valence-electron chi connectivity index (χ1n) is 12.9. The lowest BCUT2D eigenvalue weighted by Gasteiger charge is -2.33. The number of carbonyl (C=O) groups is 2. The van der Waals surface area contributed by atoms with E-state index in [9.17, 15) is 9.59 Å². The Kier molecular flexibility index (Phi) is 7.49. The lowest BCUT2D eigenvalue weighted by atomic mass is 9.94.